The van der Waals surface area contributed by atoms with Crippen LogP contribution in [0.25, 0.3) is 0 Å². The largest absolute Gasteiger partial charge is 0.490 e. The standard InChI is InChI=1S/C20H30N2O4/c1-20(2,3)26-19(23)22-7-5-16(22)13-25-17-9-15(11-21-12-17)18-10-14(18)6-8-24-4/h9,11-12,14,16,18H,5-8,10,13H2,1-4H3/t14-,16+,18+/m1/s1. The fraction of sp³-hybridized carbons (Fsp3) is 0.700. The molecule has 2 aliphatic rings. The highest BCUT2D eigenvalue weighted by Gasteiger charge is 2.38. The zero-order chi connectivity index (χ0) is 18.7. The molecule has 1 aliphatic heterocycles. The van der Waals surface area contributed by atoms with Crippen LogP contribution >= 0.6 is 0 Å². The summed E-state index contributed by atoms with van der Waals surface area (Å²) in [6.07, 6.45) is 6.65. The van der Waals surface area contributed by atoms with Crippen molar-refractivity contribution in [3.63, 3.8) is 0 Å². The van der Waals surface area contributed by atoms with Crippen LogP contribution in [-0.2, 0) is 9.47 Å². The van der Waals surface area contributed by atoms with E-state index in [2.05, 4.69) is 11.1 Å². The molecular formula is C20H30N2O4. The second kappa shape index (κ2) is 7.82. The molecule has 6 nitrogen and oxygen atoms in total. The Labute approximate surface area is 155 Å². The van der Waals surface area contributed by atoms with Crippen LogP contribution in [0, 0.1) is 5.92 Å². The van der Waals surface area contributed by atoms with Gasteiger partial charge in [-0.15, -0.1) is 0 Å². The lowest BCUT2D eigenvalue weighted by Crippen LogP contribution is -2.55. The highest BCUT2D eigenvalue weighted by molar-refractivity contribution is 5.69. The van der Waals surface area contributed by atoms with E-state index in [0.29, 0.717) is 18.4 Å². The topological polar surface area (TPSA) is 60.9 Å². The maximum atomic E-state index is 12.2. The fourth-order valence-electron chi connectivity index (χ4n) is 3.33. The lowest BCUT2D eigenvalue weighted by Gasteiger charge is -2.40. The number of nitrogens with zero attached hydrogens (tertiary/aromatic N) is 2. The van der Waals surface area contributed by atoms with Gasteiger partial charge in [0.05, 0.1) is 12.2 Å². The Morgan fingerprint density at radius 2 is 2.15 bits per heavy atom. The highest BCUT2D eigenvalue weighted by Crippen LogP contribution is 2.49. The maximum absolute atomic E-state index is 12.2. The van der Waals surface area contributed by atoms with Crippen LogP contribution in [0.1, 0.15) is 51.5 Å². The van der Waals surface area contributed by atoms with Gasteiger partial charge in [0.15, 0.2) is 0 Å². The molecule has 3 rings (SSSR count). The van der Waals surface area contributed by atoms with Crippen molar-refractivity contribution < 1.29 is 19.0 Å². The number of likely N-dealkylation sites (tertiary alicyclic amines) is 1. The smallest absolute Gasteiger partial charge is 0.410 e. The van der Waals surface area contributed by atoms with Crippen molar-refractivity contribution in [2.24, 2.45) is 5.92 Å². The summed E-state index contributed by atoms with van der Waals surface area (Å²) in [6.45, 7) is 7.65. The Morgan fingerprint density at radius 1 is 1.35 bits per heavy atom. The highest BCUT2D eigenvalue weighted by atomic mass is 16.6. The molecule has 144 valence electrons. The number of hydrogen-bond donors (Lipinski definition) is 0. The molecule has 0 aromatic carbocycles. The molecule has 3 atom stereocenters. The third kappa shape index (κ3) is 4.87. The summed E-state index contributed by atoms with van der Waals surface area (Å²) in [7, 11) is 1.74. The van der Waals surface area contributed by atoms with Crippen molar-refractivity contribution >= 4 is 6.09 Å². The average Bonchev–Trinajstić information content (AvgIpc) is 3.30. The minimum Gasteiger partial charge on any atom is -0.490 e. The van der Waals surface area contributed by atoms with Crippen molar-refractivity contribution in [2.45, 2.75) is 57.6 Å². The van der Waals surface area contributed by atoms with E-state index >= 15 is 0 Å². The van der Waals surface area contributed by atoms with Crippen molar-refractivity contribution in [1.82, 2.24) is 9.88 Å². The Bertz CT molecular complexity index is 628. The van der Waals surface area contributed by atoms with Gasteiger partial charge in [0.25, 0.3) is 0 Å². The number of amides is 1. The minimum atomic E-state index is -0.472. The van der Waals surface area contributed by atoms with E-state index in [1.807, 2.05) is 27.0 Å². The van der Waals surface area contributed by atoms with Crippen LogP contribution in [0.4, 0.5) is 4.79 Å². The van der Waals surface area contributed by atoms with Gasteiger partial charge in [-0.2, -0.15) is 0 Å². The molecule has 1 aromatic rings. The van der Waals surface area contributed by atoms with Gasteiger partial charge in [-0.1, -0.05) is 0 Å². The van der Waals surface area contributed by atoms with E-state index in [-0.39, 0.29) is 12.1 Å². The molecule has 1 saturated heterocycles. The van der Waals surface area contributed by atoms with E-state index in [1.165, 1.54) is 12.0 Å². The number of rotatable bonds is 7. The van der Waals surface area contributed by atoms with E-state index in [9.17, 15) is 4.79 Å². The van der Waals surface area contributed by atoms with Crippen molar-refractivity contribution in [2.75, 3.05) is 26.9 Å². The zero-order valence-corrected chi connectivity index (χ0v) is 16.2. The zero-order valence-electron chi connectivity index (χ0n) is 16.2. The van der Waals surface area contributed by atoms with Crippen LogP contribution in [0.5, 0.6) is 5.75 Å². The quantitative estimate of drug-likeness (QED) is 0.741. The van der Waals surface area contributed by atoms with Crippen LogP contribution in [0.3, 0.4) is 0 Å². The summed E-state index contributed by atoms with van der Waals surface area (Å²) in [5.41, 5.74) is 0.765. The molecule has 1 aliphatic carbocycles. The van der Waals surface area contributed by atoms with Gasteiger partial charge in [-0.25, -0.2) is 4.79 Å². The second-order valence-corrected chi connectivity index (χ2v) is 8.26. The van der Waals surface area contributed by atoms with Crippen LogP contribution in [0.15, 0.2) is 18.5 Å². The molecule has 0 unspecified atom stereocenters. The summed E-state index contributed by atoms with van der Waals surface area (Å²) in [4.78, 5) is 18.2. The van der Waals surface area contributed by atoms with Gasteiger partial charge in [0.2, 0.25) is 0 Å². The number of pyridine rings is 1. The summed E-state index contributed by atoms with van der Waals surface area (Å²) in [5, 5.41) is 0. The number of ether oxygens (including phenoxy) is 3. The molecular weight excluding hydrogens is 332 g/mol. The Kier molecular flexibility index (Phi) is 5.70. The lowest BCUT2D eigenvalue weighted by molar-refractivity contribution is -0.0141. The Morgan fingerprint density at radius 3 is 2.81 bits per heavy atom. The maximum Gasteiger partial charge on any atom is 0.410 e. The van der Waals surface area contributed by atoms with Crippen molar-refractivity contribution in [1.29, 1.82) is 0 Å². The summed E-state index contributed by atoms with van der Waals surface area (Å²) < 4.78 is 16.5. The Balaban J connectivity index is 1.48. The first-order valence-electron chi connectivity index (χ1n) is 9.43. The van der Waals surface area contributed by atoms with Gasteiger partial charge in [-0.05, 0) is 63.5 Å². The third-order valence-electron chi connectivity index (χ3n) is 4.99. The number of methoxy groups -OCH3 is 1. The van der Waals surface area contributed by atoms with Gasteiger partial charge in [0, 0.05) is 26.5 Å². The van der Waals surface area contributed by atoms with Gasteiger partial charge >= 0.3 is 6.09 Å². The first-order valence-corrected chi connectivity index (χ1v) is 9.43. The molecule has 26 heavy (non-hydrogen) atoms. The molecule has 2 fully saturated rings. The van der Waals surface area contributed by atoms with Gasteiger partial charge in [0.1, 0.15) is 18.0 Å². The molecule has 1 aromatic heterocycles. The van der Waals surface area contributed by atoms with E-state index < -0.39 is 5.60 Å². The van der Waals surface area contributed by atoms with Gasteiger partial charge in [-0.3, -0.25) is 4.98 Å². The molecule has 2 heterocycles. The first kappa shape index (κ1) is 19.0. The predicted octanol–water partition coefficient (Wildman–Crippen LogP) is 3.61. The third-order valence-corrected chi connectivity index (χ3v) is 4.99. The van der Waals surface area contributed by atoms with Crippen LogP contribution in [-0.4, -0.2) is 54.5 Å². The normalized spacial score (nSPS) is 24.8. The monoisotopic (exact) mass is 362 g/mol. The van der Waals surface area contributed by atoms with E-state index in [4.69, 9.17) is 14.2 Å². The van der Waals surface area contributed by atoms with Crippen LogP contribution < -0.4 is 4.74 Å². The average molecular weight is 362 g/mol. The number of carbonyl (C=O) groups excluding carboxylic acids is 1. The van der Waals surface area contributed by atoms with E-state index in [1.54, 1.807) is 18.2 Å². The summed E-state index contributed by atoms with van der Waals surface area (Å²) >= 11 is 0. The van der Waals surface area contributed by atoms with Crippen molar-refractivity contribution in [3.05, 3.63) is 24.0 Å². The summed E-state index contributed by atoms with van der Waals surface area (Å²) in [5.74, 6) is 2.04. The van der Waals surface area contributed by atoms with Crippen LogP contribution in [0.2, 0.25) is 0 Å². The first-order chi connectivity index (χ1) is 12.4. The number of aromatic nitrogens is 1. The number of carbonyl (C=O) groups is 1. The molecule has 1 saturated carbocycles. The molecule has 0 N–H and O–H groups in total. The van der Waals surface area contributed by atoms with Crippen molar-refractivity contribution in [3.8, 4) is 5.75 Å². The number of hydrogen-bond acceptors (Lipinski definition) is 5. The predicted molar refractivity (Wildman–Crippen MR) is 98.4 cm³/mol. The fourth-order valence-corrected chi connectivity index (χ4v) is 3.33. The van der Waals surface area contributed by atoms with Gasteiger partial charge < -0.3 is 19.1 Å². The second-order valence-electron chi connectivity index (χ2n) is 8.26. The lowest BCUT2D eigenvalue weighted by atomic mass is 10.1. The molecule has 0 bridgehead atoms. The SMILES string of the molecule is COCC[C@@H]1C[C@@H]1c1cncc(OC[C@@H]2CCN2C(=O)OC(C)(C)C)c1. The molecule has 0 radical (unpaired) electrons. The summed E-state index contributed by atoms with van der Waals surface area (Å²) in [6, 6.07) is 2.16. The minimum absolute atomic E-state index is 0.0730. The molecule has 0 spiro atoms. The molecule has 1 amide bonds. The van der Waals surface area contributed by atoms with E-state index in [0.717, 1.165) is 31.7 Å². The molecule has 6 heteroatoms. The Hall–Kier alpha value is -1.82.